The van der Waals surface area contributed by atoms with Gasteiger partial charge in [0.1, 0.15) is 5.82 Å². The molecule has 0 aliphatic carbocycles. The highest BCUT2D eigenvalue weighted by Crippen LogP contribution is 2.21. The molecule has 7 nitrogen and oxygen atoms in total. The van der Waals surface area contributed by atoms with Crippen LogP contribution in [0.1, 0.15) is 18.3 Å². The number of thioether (sulfide) groups is 1. The summed E-state index contributed by atoms with van der Waals surface area (Å²) in [6, 6.07) is 12.3. The van der Waals surface area contributed by atoms with Gasteiger partial charge in [0.15, 0.2) is 5.16 Å². The Labute approximate surface area is 194 Å². The average Bonchev–Trinajstić information content (AvgIpc) is 3.10. The lowest BCUT2D eigenvalue weighted by Crippen LogP contribution is -2.18. The van der Waals surface area contributed by atoms with Gasteiger partial charge in [-0.15, -0.1) is 10.2 Å². The van der Waals surface area contributed by atoms with Gasteiger partial charge in [0.25, 0.3) is 0 Å². The van der Waals surface area contributed by atoms with Gasteiger partial charge in [-0.05, 0) is 49.7 Å². The number of aromatic nitrogens is 3. The third-order valence-corrected chi connectivity index (χ3v) is 5.93. The Morgan fingerprint density at radius 1 is 1.03 bits per heavy atom. The molecule has 0 unspecified atom stereocenters. The Morgan fingerprint density at radius 2 is 1.77 bits per heavy atom. The zero-order valence-electron chi connectivity index (χ0n) is 17.0. The summed E-state index contributed by atoms with van der Waals surface area (Å²) < 4.78 is 1.82. The maximum absolute atomic E-state index is 12.4. The fourth-order valence-electron chi connectivity index (χ4n) is 2.79. The minimum Gasteiger partial charge on any atom is -0.326 e. The van der Waals surface area contributed by atoms with Crippen LogP contribution in [0.2, 0.25) is 10.0 Å². The number of carbonyl (C=O) groups is 2. The smallest absolute Gasteiger partial charge is 0.234 e. The second kappa shape index (κ2) is 10.7. The molecular weight excluding hydrogens is 457 g/mol. The van der Waals surface area contributed by atoms with Gasteiger partial charge < -0.3 is 15.2 Å². The molecule has 0 fully saturated rings. The molecule has 2 N–H and O–H groups in total. The number of aryl methyl sites for hydroxylation is 1. The van der Waals surface area contributed by atoms with Gasteiger partial charge in [-0.2, -0.15) is 0 Å². The standard InChI is InChI=1S/C21H21Cl2N5O2S/c1-3-28-18(11-19(29)24-16-8-7-13(2)17(23)10-16)26-27-21(28)31-12-20(30)25-15-6-4-5-14(22)9-15/h4-10H,3,11-12H2,1-2H3,(H,24,29)(H,25,30). The van der Waals surface area contributed by atoms with Gasteiger partial charge in [0.2, 0.25) is 11.8 Å². The Morgan fingerprint density at radius 3 is 2.48 bits per heavy atom. The molecule has 10 heteroatoms. The molecule has 0 bridgehead atoms. The zero-order valence-corrected chi connectivity index (χ0v) is 19.3. The van der Waals surface area contributed by atoms with Crippen LogP contribution in [0, 0.1) is 6.92 Å². The number of hydrogen-bond donors (Lipinski definition) is 2. The molecule has 0 radical (unpaired) electrons. The van der Waals surface area contributed by atoms with E-state index in [0.29, 0.717) is 38.9 Å². The van der Waals surface area contributed by atoms with Crippen LogP contribution in [0.4, 0.5) is 11.4 Å². The minimum atomic E-state index is -0.225. The van der Waals surface area contributed by atoms with Crippen molar-refractivity contribution in [3.63, 3.8) is 0 Å². The van der Waals surface area contributed by atoms with Crippen LogP contribution < -0.4 is 10.6 Å². The predicted molar refractivity (Wildman–Crippen MR) is 125 cm³/mol. The number of rotatable bonds is 8. The fraction of sp³-hybridized carbons (Fsp3) is 0.238. The molecule has 2 amide bonds. The number of amides is 2. The molecule has 3 rings (SSSR count). The van der Waals surface area contributed by atoms with E-state index in [-0.39, 0.29) is 24.0 Å². The molecule has 31 heavy (non-hydrogen) atoms. The van der Waals surface area contributed by atoms with Crippen LogP contribution in [0.25, 0.3) is 0 Å². The van der Waals surface area contributed by atoms with Crippen molar-refractivity contribution in [3.05, 3.63) is 63.9 Å². The molecule has 162 valence electrons. The van der Waals surface area contributed by atoms with Gasteiger partial charge in [-0.25, -0.2) is 0 Å². The summed E-state index contributed by atoms with van der Waals surface area (Å²) in [5, 5.41) is 15.6. The lowest BCUT2D eigenvalue weighted by atomic mass is 10.2. The lowest BCUT2D eigenvalue weighted by Gasteiger charge is -2.09. The number of nitrogens with one attached hydrogen (secondary N) is 2. The molecular formula is C21H21Cl2N5O2S. The quantitative estimate of drug-likeness (QED) is 0.453. The second-order valence-corrected chi connectivity index (χ2v) is 8.47. The van der Waals surface area contributed by atoms with Crippen LogP contribution in [-0.4, -0.2) is 32.3 Å². The molecule has 2 aromatic carbocycles. The minimum absolute atomic E-state index is 0.0571. The summed E-state index contributed by atoms with van der Waals surface area (Å²) in [5.74, 6) is 0.264. The van der Waals surface area contributed by atoms with E-state index < -0.39 is 0 Å². The summed E-state index contributed by atoms with van der Waals surface area (Å²) in [7, 11) is 0. The van der Waals surface area contributed by atoms with E-state index >= 15 is 0 Å². The number of anilines is 2. The number of carbonyl (C=O) groups excluding carboxylic acids is 2. The molecule has 0 saturated carbocycles. The molecule has 0 saturated heterocycles. The highest BCUT2D eigenvalue weighted by atomic mass is 35.5. The van der Waals surface area contributed by atoms with E-state index in [1.807, 2.05) is 24.5 Å². The first-order valence-corrected chi connectivity index (χ1v) is 11.3. The highest BCUT2D eigenvalue weighted by Gasteiger charge is 2.16. The number of nitrogens with zero attached hydrogens (tertiary/aromatic N) is 3. The number of halogens is 2. The van der Waals surface area contributed by atoms with E-state index in [2.05, 4.69) is 20.8 Å². The normalized spacial score (nSPS) is 10.7. The molecule has 1 aromatic heterocycles. The zero-order chi connectivity index (χ0) is 22.4. The van der Waals surface area contributed by atoms with E-state index in [1.165, 1.54) is 11.8 Å². The monoisotopic (exact) mass is 477 g/mol. The molecule has 1 heterocycles. The van der Waals surface area contributed by atoms with Gasteiger partial charge in [0.05, 0.1) is 12.2 Å². The molecule has 0 aliphatic heterocycles. The maximum Gasteiger partial charge on any atom is 0.234 e. The molecule has 3 aromatic rings. The third kappa shape index (κ3) is 6.46. The molecule has 0 atom stereocenters. The van der Waals surface area contributed by atoms with Crippen molar-refractivity contribution in [2.75, 3.05) is 16.4 Å². The Bertz CT molecular complexity index is 1100. The predicted octanol–water partition coefficient (Wildman–Crippen LogP) is 4.83. The van der Waals surface area contributed by atoms with Crippen LogP contribution in [0.3, 0.4) is 0 Å². The third-order valence-electron chi connectivity index (χ3n) is 4.32. The summed E-state index contributed by atoms with van der Waals surface area (Å²) in [5.41, 5.74) is 2.19. The number of hydrogen-bond acceptors (Lipinski definition) is 5. The first kappa shape index (κ1) is 23.1. The van der Waals surface area contributed by atoms with Gasteiger partial charge in [-0.1, -0.05) is 47.1 Å². The van der Waals surface area contributed by atoms with Crippen molar-refractivity contribution in [3.8, 4) is 0 Å². The van der Waals surface area contributed by atoms with E-state index in [0.717, 1.165) is 5.56 Å². The van der Waals surface area contributed by atoms with Crippen molar-refractivity contribution < 1.29 is 9.59 Å². The van der Waals surface area contributed by atoms with Crippen LogP contribution >= 0.6 is 35.0 Å². The molecule has 0 spiro atoms. The topological polar surface area (TPSA) is 88.9 Å². The van der Waals surface area contributed by atoms with Gasteiger partial charge in [0, 0.05) is 28.0 Å². The van der Waals surface area contributed by atoms with Gasteiger partial charge >= 0.3 is 0 Å². The average molecular weight is 478 g/mol. The SMILES string of the molecule is CCn1c(CC(=O)Nc2ccc(C)c(Cl)c2)nnc1SCC(=O)Nc1cccc(Cl)c1. The first-order chi connectivity index (χ1) is 14.9. The van der Waals surface area contributed by atoms with E-state index in [4.69, 9.17) is 23.2 Å². The summed E-state index contributed by atoms with van der Waals surface area (Å²) in [6.07, 6.45) is 0.0571. The Balaban J connectivity index is 1.58. The van der Waals surface area contributed by atoms with Gasteiger partial charge in [-0.3, -0.25) is 9.59 Å². The largest absolute Gasteiger partial charge is 0.326 e. The maximum atomic E-state index is 12.4. The molecule has 0 aliphatic rings. The van der Waals surface area contributed by atoms with Crippen molar-refractivity contribution in [2.45, 2.75) is 32.0 Å². The summed E-state index contributed by atoms with van der Waals surface area (Å²) in [4.78, 5) is 24.7. The summed E-state index contributed by atoms with van der Waals surface area (Å²) >= 11 is 13.3. The van der Waals surface area contributed by atoms with Crippen LogP contribution in [0.5, 0.6) is 0 Å². The van der Waals surface area contributed by atoms with Crippen LogP contribution in [-0.2, 0) is 22.6 Å². The van der Waals surface area contributed by atoms with Crippen molar-refractivity contribution in [1.29, 1.82) is 0 Å². The van der Waals surface area contributed by atoms with Crippen molar-refractivity contribution in [2.24, 2.45) is 0 Å². The lowest BCUT2D eigenvalue weighted by molar-refractivity contribution is -0.116. The highest BCUT2D eigenvalue weighted by molar-refractivity contribution is 7.99. The van der Waals surface area contributed by atoms with E-state index in [9.17, 15) is 9.59 Å². The van der Waals surface area contributed by atoms with Crippen molar-refractivity contribution in [1.82, 2.24) is 14.8 Å². The summed E-state index contributed by atoms with van der Waals surface area (Å²) in [6.45, 7) is 4.40. The van der Waals surface area contributed by atoms with Crippen LogP contribution in [0.15, 0.2) is 47.6 Å². The van der Waals surface area contributed by atoms with Crippen molar-refractivity contribution >= 4 is 58.2 Å². The number of benzene rings is 2. The Hall–Kier alpha value is -2.55. The second-order valence-electron chi connectivity index (χ2n) is 6.68. The van der Waals surface area contributed by atoms with E-state index in [1.54, 1.807) is 36.4 Å². The fourth-order valence-corrected chi connectivity index (χ4v) is 3.98. The Kier molecular flexibility index (Phi) is 7.95. The first-order valence-electron chi connectivity index (χ1n) is 9.52.